The Bertz CT molecular complexity index is 628. The molecule has 2 rings (SSSR count). The molecule has 0 aromatic heterocycles. The van der Waals surface area contributed by atoms with Crippen LogP contribution in [0.4, 0.5) is 5.69 Å². The smallest absolute Gasteiger partial charge is 0.152 e. The lowest BCUT2D eigenvalue weighted by atomic mass is 10.1. The van der Waals surface area contributed by atoms with E-state index in [1.165, 1.54) is 0 Å². The number of amidine groups is 1. The maximum absolute atomic E-state index is 11.6. The number of anilines is 1. The second-order valence-electron chi connectivity index (χ2n) is 4.96. The molecule has 1 fully saturated rings. The first-order valence-corrected chi connectivity index (χ1v) is 8.12. The first kappa shape index (κ1) is 14.6. The topological polar surface area (TPSA) is 96.5 Å². The highest BCUT2D eigenvalue weighted by Gasteiger charge is 2.31. The van der Waals surface area contributed by atoms with Crippen LogP contribution in [-0.4, -0.2) is 46.0 Å². The maximum Gasteiger partial charge on any atom is 0.152 e. The summed E-state index contributed by atoms with van der Waals surface area (Å²) < 4.78 is 28.4. The van der Waals surface area contributed by atoms with Gasteiger partial charge in [-0.2, -0.15) is 0 Å². The van der Waals surface area contributed by atoms with Crippen molar-refractivity contribution in [3.63, 3.8) is 0 Å². The molecule has 110 valence electrons. The Hall–Kier alpha value is -1.76. The van der Waals surface area contributed by atoms with Gasteiger partial charge in [-0.1, -0.05) is 0 Å². The SMILES string of the molecule is COc1ccc(C(=N)N)c(N(C)C2CCS(=O)(=O)C2)c1. The molecule has 1 unspecified atom stereocenters. The van der Waals surface area contributed by atoms with Gasteiger partial charge in [0.05, 0.1) is 24.3 Å². The molecular formula is C13H19N3O3S. The van der Waals surface area contributed by atoms with E-state index in [9.17, 15) is 8.42 Å². The highest BCUT2D eigenvalue weighted by atomic mass is 32.2. The van der Waals surface area contributed by atoms with E-state index in [1.807, 2.05) is 11.9 Å². The Morgan fingerprint density at radius 3 is 2.70 bits per heavy atom. The number of nitrogens with one attached hydrogen (secondary N) is 1. The fourth-order valence-electron chi connectivity index (χ4n) is 2.44. The zero-order valence-electron chi connectivity index (χ0n) is 11.6. The van der Waals surface area contributed by atoms with Gasteiger partial charge >= 0.3 is 0 Å². The molecule has 0 amide bonds. The summed E-state index contributed by atoms with van der Waals surface area (Å²) >= 11 is 0. The molecule has 1 aromatic rings. The van der Waals surface area contributed by atoms with Crippen LogP contribution in [-0.2, 0) is 9.84 Å². The van der Waals surface area contributed by atoms with Gasteiger partial charge in [-0.3, -0.25) is 5.41 Å². The molecule has 0 bridgehead atoms. The highest BCUT2D eigenvalue weighted by molar-refractivity contribution is 7.91. The molecule has 1 aromatic carbocycles. The minimum absolute atomic E-state index is 0.0460. The average molecular weight is 297 g/mol. The third kappa shape index (κ3) is 2.87. The van der Waals surface area contributed by atoms with Crippen LogP contribution in [0.15, 0.2) is 18.2 Å². The molecule has 3 N–H and O–H groups in total. The number of nitrogens with zero attached hydrogens (tertiary/aromatic N) is 1. The zero-order chi connectivity index (χ0) is 14.9. The van der Waals surface area contributed by atoms with Gasteiger partial charge in [0.15, 0.2) is 9.84 Å². The Kier molecular flexibility index (Phi) is 3.89. The molecule has 0 saturated carbocycles. The van der Waals surface area contributed by atoms with E-state index in [0.29, 0.717) is 17.7 Å². The van der Waals surface area contributed by atoms with Crippen LogP contribution in [0.1, 0.15) is 12.0 Å². The van der Waals surface area contributed by atoms with Crippen molar-refractivity contribution in [3.05, 3.63) is 23.8 Å². The molecule has 1 aliphatic heterocycles. The van der Waals surface area contributed by atoms with Crippen LogP contribution >= 0.6 is 0 Å². The molecular weight excluding hydrogens is 278 g/mol. The molecule has 0 radical (unpaired) electrons. The summed E-state index contributed by atoms with van der Waals surface area (Å²) in [6.07, 6.45) is 0.591. The first-order chi connectivity index (χ1) is 9.34. The summed E-state index contributed by atoms with van der Waals surface area (Å²) in [5, 5.41) is 7.64. The van der Waals surface area contributed by atoms with E-state index < -0.39 is 9.84 Å². The van der Waals surface area contributed by atoms with Crippen LogP contribution in [0.2, 0.25) is 0 Å². The third-order valence-electron chi connectivity index (χ3n) is 3.63. The lowest BCUT2D eigenvalue weighted by Gasteiger charge is -2.28. The van der Waals surface area contributed by atoms with Gasteiger partial charge in [0.25, 0.3) is 0 Å². The Morgan fingerprint density at radius 2 is 2.20 bits per heavy atom. The summed E-state index contributed by atoms with van der Waals surface area (Å²) in [7, 11) is 0.433. The lowest BCUT2D eigenvalue weighted by Crippen LogP contribution is -2.34. The van der Waals surface area contributed by atoms with Gasteiger partial charge in [-0.25, -0.2) is 8.42 Å². The second-order valence-corrected chi connectivity index (χ2v) is 7.19. The number of hydrogen-bond donors (Lipinski definition) is 2. The molecule has 7 heteroatoms. The molecule has 1 heterocycles. The lowest BCUT2D eigenvalue weighted by molar-refractivity contribution is 0.414. The average Bonchev–Trinajstić information content (AvgIpc) is 2.77. The number of sulfone groups is 1. The minimum Gasteiger partial charge on any atom is -0.497 e. The number of methoxy groups -OCH3 is 1. The second kappa shape index (κ2) is 5.32. The minimum atomic E-state index is -2.96. The molecule has 1 saturated heterocycles. The molecule has 20 heavy (non-hydrogen) atoms. The van der Waals surface area contributed by atoms with Gasteiger partial charge in [0, 0.05) is 24.7 Å². The van der Waals surface area contributed by atoms with E-state index in [2.05, 4.69) is 0 Å². The Morgan fingerprint density at radius 1 is 1.50 bits per heavy atom. The monoisotopic (exact) mass is 297 g/mol. The van der Waals surface area contributed by atoms with Crippen LogP contribution in [0, 0.1) is 5.41 Å². The number of nitrogen functional groups attached to an aromatic ring is 1. The number of hydrogen-bond acceptors (Lipinski definition) is 5. The summed E-state index contributed by atoms with van der Waals surface area (Å²) in [5.74, 6) is 0.951. The standard InChI is InChI=1S/C13H19N3O3S/c1-16(9-5-6-20(17,18)8-9)12-7-10(19-2)3-4-11(12)13(14)15/h3-4,7,9H,5-6,8H2,1-2H3,(H3,14,15). The molecule has 6 nitrogen and oxygen atoms in total. The van der Waals surface area contributed by atoms with Crippen LogP contribution in [0.25, 0.3) is 0 Å². The van der Waals surface area contributed by atoms with Crippen molar-refractivity contribution < 1.29 is 13.2 Å². The van der Waals surface area contributed by atoms with Crippen molar-refractivity contribution in [3.8, 4) is 5.75 Å². The van der Waals surface area contributed by atoms with Gasteiger partial charge in [-0.05, 0) is 18.6 Å². The maximum atomic E-state index is 11.6. The van der Waals surface area contributed by atoms with Gasteiger partial charge in [0.2, 0.25) is 0 Å². The van der Waals surface area contributed by atoms with Crippen molar-refractivity contribution in [2.45, 2.75) is 12.5 Å². The predicted octanol–water partition coefficient (Wildman–Crippen LogP) is 0.603. The summed E-state index contributed by atoms with van der Waals surface area (Å²) in [6, 6.07) is 5.14. The van der Waals surface area contributed by atoms with E-state index in [4.69, 9.17) is 15.9 Å². The Balaban J connectivity index is 2.37. The summed E-state index contributed by atoms with van der Waals surface area (Å²) in [6.45, 7) is 0. The van der Waals surface area contributed by atoms with Crippen molar-refractivity contribution >= 4 is 21.4 Å². The number of nitrogens with two attached hydrogens (primary N) is 1. The fraction of sp³-hybridized carbons (Fsp3) is 0.462. The number of ether oxygens (including phenoxy) is 1. The van der Waals surface area contributed by atoms with Gasteiger partial charge < -0.3 is 15.4 Å². The van der Waals surface area contributed by atoms with Crippen molar-refractivity contribution in [2.24, 2.45) is 5.73 Å². The quantitative estimate of drug-likeness (QED) is 0.627. The molecule has 0 spiro atoms. The van der Waals surface area contributed by atoms with Crippen LogP contribution in [0.5, 0.6) is 5.75 Å². The van der Waals surface area contributed by atoms with E-state index in [0.717, 1.165) is 5.69 Å². The van der Waals surface area contributed by atoms with Crippen molar-refractivity contribution in [1.29, 1.82) is 5.41 Å². The van der Waals surface area contributed by atoms with Crippen LogP contribution < -0.4 is 15.4 Å². The fourth-order valence-corrected chi connectivity index (χ4v) is 4.21. The van der Waals surface area contributed by atoms with Crippen molar-refractivity contribution in [2.75, 3.05) is 30.6 Å². The normalized spacial score (nSPS) is 20.6. The third-order valence-corrected chi connectivity index (χ3v) is 5.38. The van der Waals surface area contributed by atoms with E-state index in [1.54, 1.807) is 25.3 Å². The zero-order valence-corrected chi connectivity index (χ0v) is 12.4. The molecule has 0 aliphatic carbocycles. The first-order valence-electron chi connectivity index (χ1n) is 6.30. The largest absolute Gasteiger partial charge is 0.497 e. The predicted molar refractivity (Wildman–Crippen MR) is 79.5 cm³/mol. The molecule has 1 atom stereocenters. The number of rotatable bonds is 4. The van der Waals surface area contributed by atoms with Gasteiger partial charge in [0.1, 0.15) is 11.6 Å². The Labute approximate surface area is 119 Å². The van der Waals surface area contributed by atoms with E-state index in [-0.39, 0.29) is 23.4 Å². The van der Waals surface area contributed by atoms with E-state index >= 15 is 0 Å². The van der Waals surface area contributed by atoms with Crippen LogP contribution in [0.3, 0.4) is 0 Å². The van der Waals surface area contributed by atoms with Crippen molar-refractivity contribution in [1.82, 2.24) is 0 Å². The summed E-state index contributed by atoms with van der Waals surface area (Å²) in [4.78, 5) is 1.88. The summed E-state index contributed by atoms with van der Waals surface area (Å²) in [5.41, 5.74) is 6.90. The number of benzene rings is 1. The highest BCUT2D eigenvalue weighted by Crippen LogP contribution is 2.29. The molecule has 1 aliphatic rings. The van der Waals surface area contributed by atoms with Gasteiger partial charge in [-0.15, -0.1) is 0 Å².